The van der Waals surface area contributed by atoms with Crippen LogP contribution in [0.5, 0.6) is 5.75 Å². The molecule has 18 heavy (non-hydrogen) atoms. The van der Waals surface area contributed by atoms with Gasteiger partial charge in [-0.15, -0.1) is 6.26 Å². The normalized spacial score (nSPS) is 13.3. The summed E-state index contributed by atoms with van der Waals surface area (Å²) < 4.78 is 0. The summed E-state index contributed by atoms with van der Waals surface area (Å²) in [7, 11) is 0. The fourth-order valence-electron chi connectivity index (χ4n) is 1.63. The molecule has 0 amide bonds. The molecule has 0 fully saturated rings. The predicted molar refractivity (Wildman–Crippen MR) is 73.0 cm³/mol. The van der Waals surface area contributed by atoms with Gasteiger partial charge in [0.1, 0.15) is 5.75 Å². The molecule has 0 aromatic heterocycles. The molecular weight excluding hydrogens is 226 g/mol. The highest BCUT2D eigenvalue weighted by Gasteiger charge is 2.16. The SMILES string of the molecule is CC(=C[O-])C(C)(C)N=Cc1c(C)cc(O)cc1C. The van der Waals surface area contributed by atoms with Crippen molar-refractivity contribution in [2.75, 3.05) is 0 Å². The van der Waals surface area contributed by atoms with Gasteiger partial charge in [-0.3, -0.25) is 4.99 Å². The van der Waals surface area contributed by atoms with Gasteiger partial charge < -0.3 is 10.2 Å². The molecule has 1 N–H and O–H groups in total. The zero-order valence-corrected chi connectivity index (χ0v) is 11.6. The third-order valence-electron chi connectivity index (χ3n) is 3.24. The van der Waals surface area contributed by atoms with E-state index >= 15 is 0 Å². The van der Waals surface area contributed by atoms with Gasteiger partial charge in [0, 0.05) is 6.21 Å². The summed E-state index contributed by atoms with van der Waals surface area (Å²) in [5.41, 5.74) is 3.11. The summed E-state index contributed by atoms with van der Waals surface area (Å²) in [6.45, 7) is 9.44. The van der Waals surface area contributed by atoms with Crippen LogP contribution in [0.1, 0.15) is 37.5 Å². The van der Waals surface area contributed by atoms with E-state index in [0.717, 1.165) is 23.0 Å². The van der Waals surface area contributed by atoms with Crippen LogP contribution in [0.25, 0.3) is 0 Å². The van der Waals surface area contributed by atoms with E-state index in [1.807, 2.05) is 27.7 Å². The van der Waals surface area contributed by atoms with Crippen LogP contribution in [-0.2, 0) is 0 Å². The Kier molecular flexibility index (Phi) is 4.17. The van der Waals surface area contributed by atoms with Gasteiger partial charge >= 0.3 is 0 Å². The second-order valence-corrected chi connectivity index (χ2v) is 5.11. The molecule has 3 nitrogen and oxygen atoms in total. The van der Waals surface area contributed by atoms with E-state index in [0.29, 0.717) is 5.57 Å². The largest absolute Gasteiger partial charge is 0.878 e. The number of hydrogen-bond donors (Lipinski definition) is 1. The van der Waals surface area contributed by atoms with Crippen LogP contribution in [0.3, 0.4) is 0 Å². The molecule has 0 saturated carbocycles. The van der Waals surface area contributed by atoms with E-state index in [2.05, 4.69) is 4.99 Å². The fraction of sp³-hybridized carbons (Fsp3) is 0.400. The molecule has 1 aromatic rings. The Labute approximate surface area is 109 Å². The third-order valence-corrected chi connectivity index (χ3v) is 3.24. The van der Waals surface area contributed by atoms with Crippen molar-refractivity contribution >= 4 is 6.21 Å². The van der Waals surface area contributed by atoms with Crippen molar-refractivity contribution < 1.29 is 10.2 Å². The minimum atomic E-state index is -0.501. The van der Waals surface area contributed by atoms with Crippen LogP contribution in [0.15, 0.2) is 29.0 Å². The third kappa shape index (κ3) is 3.13. The van der Waals surface area contributed by atoms with Crippen LogP contribution in [-0.4, -0.2) is 16.9 Å². The number of benzene rings is 1. The van der Waals surface area contributed by atoms with Gasteiger partial charge in [-0.1, -0.05) is 5.57 Å². The Hall–Kier alpha value is -1.77. The first-order valence-electron chi connectivity index (χ1n) is 5.92. The Morgan fingerprint density at radius 1 is 1.28 bits per heavy atom. The molecule has 0 aliphatic carbocycles. The summed E-state index contributed by atoms with van der Waals surface area (Å²) in [6, 6.07) is 3.41. The lowest BCUT2D eigenvalue weighted by molar-refractivity contribution is -0.276. The Balaban J connectivity index is 3.13. The summed E-state index contributed by atoms with van der Waals surface area (Å²) in [5, 5.41) is 20.3. The number of rotatable bonds is 3. The number of phenolic OH excluding ortho intramolecular Hbond substituents is 1. The molecule has 3 heteroatoms. The van der Waals surface area contributed by atoms with Gasteiger partial charge in [0.05, 0.1) is 5.54 Å². The topological polar surface area (TPSA) is 55.7 Å². The van der Waals surface area contributed by atoms with Gasteiger partial charge in [-0.2, -0.15) is 0 Å². The van der Waals surface area contributed by atoms with E-state index in [9.17, 15) is 10.2 Å². The fourth-order valence-corrected chi connectivity index (χ4v) is 1.63. The maximum atomic E-state index is 10.8. The number of aryl methyl sites for hydroxylation is 2. The van der Waals surface area contributed by atoms with E-state index < -0.39 is 5.54 Å². The van der Waals surface area contributed by atoms with Crippen molar-refractivity contribution in [3.05, 3.63) is 40.7 Å². The number of hydrogen-bond acceptors (Lipinski definition) is 3. The van der Waals surface area contributed by atoms with Gasteiger partial charge in [0.15, 0.2) is 0 Å². The van der Waals surface area contributed by atoms with Gasteiger partial charge in [0.2, 0.25) is 0 Å². The molecular formula is C15H20NO2-. The number of nitrogens with zero attached hydrogens (tertiary/aromatic N) is 1. The van der Waals surface area contributed by atoms with E-state index in [-0.39, 0.29) is 5.75 Å². The van der Waals surface area contributed by atoms with E-state index in [1.165, 1.54) is 0 Å². The standard InChI is InChI=1S/C15H21NO2/c1-10-6-13(18)7-11(2)14(10)8-16-15(4,5)12(3)9-17/h6-9,17-18H,1-5H3/p-1. The molecule has 1 aromatic carbocycles. The first kappa shape index (κ1) is 14.3. The molecule has 1 rings (SSSR count). The minimum Gasteiger partial charge on any atom is -0.878 e. The van der Waals surface area contributed by atoms with Crippen molar-refractivity contribution in [1.29, 1.82) is 0 Å². The monoisotopic (exact) mass is 246 g/mol. The zero-order chi connectivity index (χ0) is 13.9. The minimum absolute atomic E-state index is 0.261. The summed E-state index contributed by atoms with van der Waals surface area (Å²) in [4.78, 5) is 4.47. The molecule has 0 aliphatic rings. The van der Waals surface area contributed by atoms with Crippen LogP contribution in [0.4, 0.5) is 0 Å². The highest BCUT2D eigenvalue weighted by atomic mass is 16.3. The second kappa shape index (κ2) is 5.25. The maximum Gasteiger partial charge on any atom is 0.116 e. The molecule has 0 bridgehead atoms. The lowest BCUT2D eigenvalue weighted by Gasteiger charge is -2.22. The number of aliphatic imine (C=N–C) groups is 1. The van der Waals surface area contributed by atoms with Crippen LogP contribution >= 0.6 is 0 Å². The maximum absolute atomic E-state index is 10.8. The molecule has 0 spiro atoms. The Morgan fingerprint density at radius 3 is 2.22 bits per heavy atom. The Bertz CT molecular complexity index is 476. The summed E-state index contributed by atoms with van der Waals surface area (Å²) >= 11 is 0. The van der Waals surface area contributed by atoms with Crippen molar-refractivity contribution in [3.63, 3.8) is 0 Å². The van der Waals surface area contributed by atoms with Gasteiger partial charge in [0.25, 0.3) is 0 Å². The van der Waals surface area contributed by atoms with Crippen molar-refractivity contribution in [2.45, 2.75) is 40.2 Å². The van der Waals surface area contributed by atoms with Crippen molar-refractivity contribution in [1.82, 2.24) is 0 Å². The molecule has 98 valence electrons. The van der Waals surface area contributed by atoms with Crippen LogP contribution in [0.2, 0.25) is 0 Å². The quantitative estimate of drug-likeness (QED) is 0.658. The second-order valence-electron chi connectivity index (χ2n) is 5.11. The summed E-state index contributed by atoms with van der Waals surface area (Å²) in [5.74, 6) is 0.261. The molecule has 0 saturated heterocycles. The number of phenols is 1. The first-order chi connectivity index (χ1) is 8.27. The van der Waals surface area contributed by atoms with Crippen molar-refractivity contribution in [2.24, 2.45) is 4.99 Å². The lowest BCUT2D eigenvalue weighted by Crippen LogP contribution is -2.20. The first-order valence-corrected chi connectivity index (χ1v) is 5.92. The smallest absolute Gasteiger partial charge is 0.116 e. The molecule has 0 unspecified atom stereocenters. The van der Waals surface area contributed by atoms with E-state index in [1.54, 1.807) is 25.3 Å². The zero-order valence-electron chi connectivity index (χ0n) is 11.6. The highest BCUT2D eigenvalue weighted by molar-refractivity contribution is 5.84. The van der Waals surface area contributed by atoms with E-state index in [4.69, 9.17) is 0 Å². The highest BCUT2D eigenvalue weighted by Crippen LogP contribution is 2.22. The number of aromatic hydroxyl groups is 1. The predicted octanol–water partition coefficient (Wildman–Crippen LogP) is 2.47. The average Bonchev–Trinajstić information content (AvgIpc) is 2.26. The molecule has 0 atom stereocenters. The Morgan fingerprint density at radius 2 is 1.78 bits per heavy atom. The van der Waals surface area contributed by atoms with Crippen LogP contribution in [0, 0.1) is 13.8 Å². The molecule has 0 aliphatic heterocycles. The van der Waals surface area contributed by atoms with Crippen LogP contribution < -0.4 is 5.11 Å². The summed E-state index contributed by atoms with van der Waals surface area (Å²) in [6.07, 6.45) is 2.62. The van der Waals surface area contributed by atoms with Gasteiger partial charge in [-0.25, -0.2) is 0 Å². The molecule has 0 heterocycles. The lowest BCUT2D eigenvalue weighted by atomic mass is 9.97. The average molecular weight is 246 g/mol. The van der Waals surface area contributed by atoms with Gasteiger partial charge in [-0.05, 0) is 63.4 Å². The molecule has 0 radical (unpaired) electrons. The van der Waals surface area contributed by atoms with Crippen molar-refractivity contribution in [3.8, 4) is 5.75 Å².